The van der Waals surface area contributed by atoms with Crippen LogP contribution in [-0.4, -0.2) is 36.8 Å². The predicted molar refractivity (Wildman–Crippen MR) is 87.9 cm³/mol. The molecule has 2 N–H and O–H groups in total. The quantitative estimate of drug-likeness (QED) is 0.807. The first kappa shape index (κ1) is 19.0. The molecule has 2 amide bonds. The summed E-state index contributed by atoms with van der Waals surface area (Å²) in [6.45, 7) is 8.02. The lowest BCUT2D eigenvalue weighted by Crippen LogP contribution is -2.50. The lowest BCUT2D eigenvalue weighted by Gasteiger charge is -2.23. The van der Waals surface area contributed by atoms with Gasteiger partial charge in [0.2, 0.25) is 5.91 Å². The monoisotopic (exact) mass is 322 g/mol. The summed E-state index contributed by atoms with van der Waals surface area (Å²) in [4.78, 5) is 23.9. The maximum Gasteiger partial charge on any atom is 0.408 e. The summed E-state index contributed by atoms with van der Waals surface area (Å²) in [7, 11) is 0. The average molecular weight is 322 g/mol. The molecule has 0 aliphatic carbocycles. The van der Waals surface area contributed by atoms with Crippen LogP contribution in [-0.2, 0) is 20.9 Å². The molecule has 0 spiro atoms. The first-order valence-electron chi connectivity index (χ1n) is 7.70. The number of benzene rings is 1. The maximum atomic E-state index is 12.0. The van der Waals surface area contributed by atoms with Crippen LogP contribution in [0.15, 0.2) is 30.3 Å². The summed E-state index contributed by atoms with van der Waals surface area (Å²) in [5, 5.41) is 5.22. The van der Waals surface area contributed by atoms with Gasteiger partial charge in [-0.25, -0.2) is 4.79 Å². The van der Waals surface area contributed by atoms with Crippen molar-refractivity contribution in [1.82, 2.24) is 10.6 Å². The van der Waals surface area contributed by atoms with Crippen LogP contribution in [0.25, 0.3) is 0 Å². The second-order valence-corrected chi connectivity index (χ2v) is 6.09. The molecular weight excluding hydrogens is 296 g/mol. The first-order valence-corrected chi connectivity index (χ1v) is 7.70. The van der Waals surface area contributed by atoms with Crippen molar-refractivity contribution in [3.05, 3.63) is 35.9 Å². The van der Waals surface area contributed by atoms with Gasteiger partial charge in [0.25, 0.3) is 0 Å². The molecule has 0 unspecified atom stereocenters. The van der Waals surface area contributed by atoms with Gasteiger partial charge in [0.05, 0.1) is 13.2 Å². The minimum absolute atomic E-state index is 0.0694. The number of likely N-dealkylation sites (N-methyl/N-ethyl adjacent to an activating group) is 1. The molecule has 0 aliphatic rings. The van der Waals surface area contributed by atoms with E-state index in [2.05, 4.69) is 10.6 Å². The summed E-state index contributed by atoms with van der Waals surface area (Å²) in [5.74, 6) is -0.300. The van der Waals surface area contributed by atoms with Crippen LogP contribution < -0.4 is 10.6 Å². The van der Waals surface area contributed by atoms with E-state index in [0.29, 0.717) is 13.2 Å². The van der Waals surface area contributed by atoms with Crippen molar-refractivity contribution in [3.8, 4) is 0 Å². The molecule has 0 saturated heterocycles. The molecule has 0 saturated carbocycles. The summed E-state index contributed by atoms with van der Waals surface area (Å²) in [6, 6.07) is 8.82. The molecule has 0 aromatic heterocycles. The Labute approximate surface area is 137 Å². The van der Waals surface area contributed by atoms with Gasteiger partial charge in [-0.1, -0.05) is 30.3 Å². The minimum Gasteiger partial charge on any atom is -0.444 e. The van der Waals surface area contributed by atoms with E-state index in [4.69, 9.17) is 9.47 Å². The second-order valence-electron chi connectivity index (χ2n) is 6.09. The Morgan fingerprint density at radius 2 is 1.83 bits per heavy atom. The first-order chi connectivity index (χ1) is 10.8. The summed E-state index contributed by atoms with van der Waals surface area (Å²) in [5.41, 5.74) is 0.375. The van der Waals surface area contributed by atoms with Gasteiger partial charge < -0.3 is 20.1 Å². The van der Waals surface area contributed by atoms with Crippen LogP contribution in [0, 0.1) is 0 Å². The van der Waals surface area contributed by atoms with Crippen LogP contribution in [0.4, 0.5) is 4.79 Å². The number of alkyl carbamates (subject to hydrolysis) is 1. The van der Waals surface area contributed by atoms with Gasteiger partial charge in [-0.05, 0) is 33.3 Å². The summed E-state index contributed by atoms with van der Waals surface area (Å²) in [6.07, 6.45) is -0.642. The number of hydrogen-bond donors (Lipinski definition) is 2. The standard InChI is InChI=1S/C17H26N2O4/c1-5-18-15(20)14(19-16(21)23-17(2,3)4)12-22-11-13-9-7-6-8-10-13/h6-10,14H,5,11-12H2,1-4H3,(H,18,20)(H,19,21)/t14-/m0/s1. The van der Waals surface area contributed by atoms with Gasteiger partial charge in [-0.15, -0.1) is 0 Å². The maximum absolute atomic E-state index is 12.0. The smallest absolute Gasteiger partial charge is 0.408 e. The molecular formula is C17H26N2O4. The molecule has 0 radical (unpaired) electrons. The van der Waals surface area contributed by atoms with Crippen LogP contribution >= 0.6 is 0 Å². The highest BCUT2D eigenvalue weighted by molar-refractivity contribution is 5.85. The van der Waals surface area contributed by atoms with Gasteiger partial charge >= 0.3 is 6.09 Å². The van der Waals surface area contributed by atoms with E-state index >= 15 is 0 Å². The minimum atomic E-state index is -0.798. The number of carbonyl (C=O) groups excluding carboxylic acids is 2. The molecule has 1 aromatic carbocycles. The molecule has 0 fully saturated rings. The third-order valence-corrected chi connectivity index (χ3v) is 2.75. The van der Waals surface area contributed by atoms with Crippen LogP contribution in [0.3, 0.4) is 0 Å². The molecule has 1 rings (SSSR count). The predicted octanol–water partition coefficient (Wildman–Crippen LogP) is 2.23. The van der Waals surface area contributed by atoms with Gasteiger partial charge in [0.15, 0.2) is 0 Å². The Morgan fingerprint density at radius 1 is 1.17 bits per heavy atom. The fourth-order valence-corrected chi connectivity index (χ4v) is 1.80. The summed E-state index contributed by atoms with van der Waals surface area (Å²) >= 11 is 0. The van der Waals surface area contributed by atoms with Crippen LogP contribution in [0.2, 0.25) is 0 Å². The third kappa shape index (κ3) is 8.21. The van der Waals surface area contributed by atoms with Crippen molar-refractivity contribution in [3.63, 3.8) is 0 Å². The van der Waals surface area contributed by atoms with Gasteiger partial charge in [-0.2, -0.15) is 0 Å². The Bertz CT molecular complexity index is 497. The Balaban J connectivity index is 2.55. The molecule has 0 heterocycles. The number of rotatable bonds is 7. The van der Waals surface area contributed by atoms with Gasteiger partial charge in [0, 0.05) is 6.54 Å². The van der Waals surface area contributed by atoms with E-state index in [0.717, 1.165) is 5.56 Å². The van der Waals surface area contributed by atoms with E-state index in [1.54, 1.807) is 20.8 Å². The van der Waals surface area contributed by atoms with E-state index in [1.807, 2.05) is 37.3 Å². The molecule has 1 aromatic rings. The molecule has 128 valence electrons. The normalized spacial score (nSPS) is 12.3. The van der Waals surface area contributed by atoms with Crippen molar-refractivity contribution in [2.24, 2.45) is 0 Å². The average Bonchev–Trinajstić information content (AvgIpc) is 2.45. The number of nitrogens with one attached hydrogen (secondary N) is 2. The van der Waals surface area contributed by atoms with Crippen molar-refractivity contribution in [1.29, 1.82) is 0 Å². The van der Waals surface area contributed by atoms with E-state index < -0.39 is 17.7 Å². The van der Waals surface area contributed by atoms with Crippen LogP contribution in [0.1, 0.15) is 33.3 Å². The number of carbonyl (C=O) groups is 2. The molecule has 0 aliphatic heterocycles. The molecule has 1 atom stereocenters. The Hall–Kier alpha value is -2.08. The topological polar surface area (TPSA) is 76.7 Å². The summed E-state index contributed by atoms with van der Waals surface area (Å²) < 4.78 is 10.7. The molecule has 0 bridgehead atoms. The molecule has 6 heteroatoms. The number of ether oxygens (including phenoxy) is 2. The Kier molecular flexibility index (Phi) is 7.54. The number of amides is 2. The third-order valence-electron chi connectivity index (χ3n) is 2.75. The van der Waals surface area contributed by atoms with Crippen LogP contribution in [0.5, 0.6) is 0 Å². The van der Waals surface area contributed by atoms with Gasteiger partial charge in [0.1, 0.15) is 11.6 Å². The molecule has 23 heavy (non-hydrogen) atoms. The highest BCUT2D eigenvalue weighted by atomic mass is 16.6. The highest BCUT2D eigenvalue weighted by Gasteiger charge is 2.24. The lowest BCUT2D eigenvalue weighted by molar-refractivity contribution is -0.124. The number of hydrogen-bond acceptors (Lipinski definition) is 4. The largest absolute Gasteiger partial charge is 0.444 e. The van der Waals surface area contributed by atoms with E-state index in [1.165, 1.54) is 0 Å². The van der Waals surface area contributed by atoms with Crippen molar-refractivity contribution in [2.45, 2.75) is 45.9 Å². The van der Waals surface area contributed by atoms with E-state index in [-0.39, 0.29) is 12.5 Å². The lowest BCUT2D eigenvalue weighted by atomic mass is 10.2. The molecule has 6 nitrogen and oxygen atoms in total. The van der Waals surface area contributed by atoms with Crippen molar-refractivity contribution >= 4 is 12.0 Å². The van der Waals surface area contributed by atoms with Crippen molar-refractivity contribution in [2.75, 3.05) is 13.2 Å². The Morgan fingerprint density at radius 3 is 2.39 bits per heavy atom. The van der Waals surface area contributed by atoms with Crippen molar-refractivity contribution < 1.29 is 19.1 Å². The fraction of sp³-hybridized carbons (Fsp3) is 0.529. The zero-order valence-electron chi connectivity index (χ0n) is 14.2. The second kappa shape index (κ2) is 9.15. The fourth-order valence-electron chi connectivity index (χ4n) is 1.80. The van der Waals surface area contributed by atoms with Gasteiger partial charge in [-0.3, -0.25) is 4.79 Å². The zero-order valence-corrected chi connectivity index (χ0v) is 14.2. The van der Waals surface area contributed by atoms with E-state index in [9.17, 15) is 9.59 Å². The highest BCUT2D eigenvalue weighted by Crippen LogP contribution is 2.07. The SMILES string of the molecule is CCNC(=O)[C@H](COCc1ccccc1)NC(=O)OC(C)(C)C. The zero-order chi connectivity index (χ0) is 17.3.